The Bertz CT molecular complexity index is 922. The monoisotopic (exact) mass is 407 g/mol. The summed E-state index contributed by atoms with van der Waals surface area (Å²) in [6.07, 6.45) is 5.58. The lowest BCUT2D eigenvalue weighted by Gasteiger charge is -2.31. The Morgan fingerprint density at radius 2 is 1.93 bits per heavy atom. The topological polar surface area (TPSA) is 90.2 Å². The van der Waals surface area contributed by atoms with Crippen LogP contribution in [0, 0.1) is 13.8 Å². The van der Waals surface area contributed by atoms with Crippen LogP contribution in [0.25, 0.3) is 0 Å². The first-order valence-electron chi connectivity index (χ1n) is 9.77. The Kier molecular flexibility index (Phi) is 6.04. The molecule has 3 rings (SSSR count). The van der Waals surface area contributed by atoms with E-state index in [1.54, 1.807) is 24.0 Å². The van der Waals surface area contributed by atoms with Crippen LogP contribution in [0.2, 0.25) is 0 Å². The molecule has 1 aliphatic rings. The predicted molar refractivity (Wildman–Crippen MR) is 106 cm³/mol. The Labute approximate surface area is 167 Å². The molecule has 3 heterocycles. The van der Waals surface area contributed by atoms with Crippen molar-refractivity contribution in [3.63, 3.8) is 0 Å². The highest BCUT2D eigenvalue weighted by Crippen LogP contribution is 2.28. The van der Waals surface area contributed by atoms with Crippen molar-refractivity contribution in [2.75, 3.05) is 13.1 Å². The molecule has 1 fully saturated rings. The highest BCUT2D eigenvalue weighted by Gasteiger charge is 2.35. The van der Waals surface area contributed by atoms with Crippen molar-refractivity contribution in [2.24, 2.45) is 0 Å². The van der Waals surface area contributed by atoms with Gasteiger partial charge in [-0.05, 0) is 52.5 Å². The number of sulfonamides is 1. The van der Waals surface area contributed by atoms with Crippen LogP contribution in [0.5, 0.6) is 6.01 Å². The molecule has 2 aromatic heterocycles. The fourth-order valence-corrected chi connectivity index (χ4v) is 5.48. The lowest BCUT2D eigenvalue weighted by molar-refractivity contribution is 0.119. The number of nitrogens with zero attached hydrogens (tertiary/aromatic N) is 5. The summed E-state index contributed by atoms with van der Waals surface area (Å²) in [5.41, 5.74) is 2.25. The first kappa shape index (κ1) is 20.7. The molecule has 1 aliphatic heterocycles. The smallest absolute Gasteiger partial charge is 0.316 e. The van der Waals surface area contributed by atoms with E-state index in [9.17, 15) is 8.42 Å². The molecule has 2 aromatic rings. The van der Waals surface area contributed by atoms with Crippen LogP contribution < -0.4 is 4.74 Å². The van der Waals surface area contributed by atoms with E-state index in [0.29, 0.717) is 28.8 Å². The average molecular weight is 408 g/mol. The van der Waals surface area contributed by atoms with Crippen LogP contribution in [-0.4, -0.2) is 51.7 Å². The maximum Gasteiger partial charge on any atom is 0.316 e. The molecular formula is C19H29N5O3S. The zero-order chi connectivity index (χ0) is 20.5. The molecule has 1 saturated heterocycles. The van der Waals surface area contributed by atoms with Crippen LogP contribution in [0.1, 0.15) is 56.6 Å². The summed E-state index contributed by atoms with van der Waals surface area (Å²) < 4.78 is 35.8. The number of hydrogen-bond donors (Lipinski definition) is 0. The predicted octanol–water partition coefficient (Wildman–Crippen LogP) is 2.67. The van der Waals surface area contributed by atoms with Gasteiger partial charge in [0.05, 0.1) is 17.9 Å². The van der Waals surface area contributed by atoms with Gasteiger partial charge in [0.15, 0.2) is 0 Å². The minimum absolute atomic E-state index is 0.100. The summed E-state index contributed by atoms with van der Waals surface area (Å²) in [5, 5.41) is 4.43. The van der Waals surface area contributed by atoms with Crippen molar-refractivity contribution >= 4 is 10.0 Å². The van der Waals surface area contributed by atoms with Crippen molar-refractivity contribution in [2.45, 2.75) is 70.9 Å². The van der Waals surface area contributed by atoms with Crippen LogP contribution in [-0.2, 0) is 16.4 Å². The van der Waals surface area contributed by atoms with Gasteiger partial charge in [0.1, 0.15) is 11.0 Å². The minimum Gasteiger partial charge on any atom is -0.459 e. The molecule has 154 valence electrons. The first-order chi connectivity index (χ1) is 13.2. The van der Waals surface area contributed by atoms with E-state index in [-0.39, 0.29) is 18.7 Å². The lowest BCUT2D eigenvalue weighted by Crippen LogP contribution is -2.44. The average Bonchev–Trinajstić information content (AvgIpc) is 2.97. The molecule has 0 N–H and O–H groups in total. The molecule has 0 radical (unpaired) electrons. The van der Waals surface area contributed by atoms with Crippen molar-refractivity contribution in [1.82, 2.24) is 24.1 Å². The fourth-order valence-electron chi connectivity index (χ4n) is 3.61. The number of aryl methyl sites for hydroxylation is 2. The molecule has 1 atom stereocenters. The Morgan fingerprint density at radius 1 is 1.25 bits per heavy atom. The van der Waals surface area contributed by atoms with Gasteiger partial charge in [-0.2, -0.15) is 9.40 Å². The van der Waals surface area contributed by atoms with E-state index >= 15 is 0 Å². The SMILES string of the molecule is CCc1cnc(OC2CCCN(S(=O)(=O)c3c(C)nn(C(C)C)c3C)C2)nc1. The largest absolute Gasteiger partial charge is 0.459 e. The van der Waals surface area contributed by atoms with Gasteiger partial charge in [-0.1, -0.05) is 6.92 Å². The minimum atomic E-state index is -3.64. The van der Waals surface area contributed by atoms with E-state index < -0.39 is 10.0 Å². The zero-order valence-electron chi connectivity index (χ0n) is 17.2. The molecular weight excluding hydrogens is 378 g/mol. The number of rotatable bonds is 6. The second-order valence-electron chi connectivity index (χ2n) is 7.51. The van der Waals surface area contributed by atoms with Gasteiger partial charge in [-0.3, -0.25) is 4.68 Å². The van der Waals surface area contributed by atoms with Crippen LogP contribution in [0.4, 0.5) is 0 Å². The molecule has 9 heteroatoms. The summed E-state index contributed by atoms with van der Waals surface area (Å²) in [6.45, 7) is 10.3. The van der Waals surface area contributed by atoms with Gasteiger partial charge < -0.3 is 4.74 Å². The molecule has 0 spiro atoms. The molecule has 0 bridgehead atoms. The maximum atomic E-state index is 13.3. The molecule has 0 aliphatic carbocycles. The molecule has 8 nitrogen and oxygen atoms in total. The molecule has 0 aromatic carbocycles. The zero-order valence-corrected chi connectivity index (χ0v) is 18.0. The van der Waals surface area contributed by atoms with Gasteiger partial charge in [0.2, 0.25) is 10.0 Å². The Hall–Kier alpha value is -2.00. The van der Waals surface area contributed by atoms with Crippen molar-refractivity contribution in [3.05, 3.63) is 29.3 Å². The van der Waals surface area contributed by atoms with Crippen LogP contribution >= 0.6 is 0 Å². The van der Waals surface area contributed by atoms with Crippen molar-refractivity contribution in [3.8, 4) is 6.01 Å². The normalized spacial score (nSPS) is 18.6. The quantitative estimate of drug-likeness (QED) is 0.731. The fraction of sp³-hybridized carbons (Fsp3) is 0.632. The summed E-state index contributed by atoms with van der Waals surface area (Å²) in [6, 6.07) is 0.393. The molecule has 0 saturated carbocycles. The van der Waals surface area contributed by atoms with Gasteiger partial charge in [-0.25, -0.2) is 18.4 Å². The van der Waals surface area contributed by atoms with Crippen LogP contribution in [0.3, 0.4) is 0 Å². The van der Waals surface area contributed by atoms with E-state index in [2.05, 4.69) is 15.1 Å². The van der Waals surface area contributed by atoms with Gasteiger partial charge >= 0.3 is 6.01 Å². The number of piperidine rings is 1. The highest BCUT2D eigenvalue weighted by atomic mass is 32.2. The van der Waals surface area contributed by atoms with E-state index in [4.69, 9.17) is 4.74 Å². The van der Waals surface area contributed by atoms with Crippen LogP contribution in [0.15, 0.2) is 17.3 Å². The lowest BCUT2D eigenvalue weighted by atomic mass is 10.1. The second-order valence-corrected chi connectivity index (χ2v) is 9.39. The third-order valence-electron chi connectivity index (χ3n) is 5.05. The standard InChI is InChI=1S/C19H29N5O3S/c1-6-16-10-20-19(21-11-16)27-17-8-7-9-23(12-17)28(25,26)18-14(4)22-24(13(2)3)15(18)5/h10-11,13,17H,6-9,12H2,1-5H3. The summed E-state index contributed by atoms with van der Waals surface area (Å²) in [4.78, 5) is 8.76. The van der Waals surface area contributed by atoms with E-state index in [1.165, 1.54) is 4.31 Å². The van der Waals surface area contributed by atoms with Crippen molar-refractivity contribution < 1.29 is 13.2 Å². The van der Waals surface area contributed by atoms with E-state index in [0.717, 1.165) is 24.8 Å². The van der Waals surface area contributed by atoms with Gasteiger partial charge in [0, 0.05) is 25.0 Å². The van der Waals surface area contributed by atoms with Crippen molar-refractivity contribution in [1.29, 1.82) is 0 Å². The summed E-state index contributed by atoms with van der Waals surface area (Å²) >= 11 is 0. The molecule has 0 amide bonds. The Balaban J connectivity index is 1.79. The first-order valence-corrected chi connectivity index (χ1v) is 11.2. The summed E-state index contributed by atoms with van der Waals surface area (Å²) in [7, 11) is -3.64. The second kappa shape index (κ2) is 8.16. The highest BCUT2D eigenvalue weighted by molar-refractivity contribution is 7.89. The molecule has 1 unspecified atom stereocenters. The number of ether oxygens (including phenoxy) is 1. The van der Waals surface area contributed by atoms with Gasteiger partial charge in [0.25, 0.3) is 0 Å². The van der Waals surface area contributed by atoms with Gasteiger partial charge in [-0.15, -0.1) is 0 Å². The van der Waals surface area contributed by atoms with E-state index in [1.807, 2.05) is 27.7 Å². The third kappa shape index (κ3) is 4.05. The summed E-state index contributed by atoms with van der Waals surface area (Å²) in [5.74, 6) is 0. The third-order valence-corrected chi connectivity index (χ3v) is 7.17. The number of aromatic nitrogens is 4. The molecule has 28 heavy (non-hydrogen) atoms. The maximum absolute atomic E-state index is 13.3. The number of hydrogen-bond acceptors (Lipinski definition) is 6. The Morgan fingerprint density at radius 3 is 2.50 bits per heavy atom.